The second-order valence-corrected chi connectivity index (χ2v) is 8.57. The van der Waals surface area contributed by atoms with Gasteiger partial charge < -0.3 is 20.0 Å². The molecule has 1 aromatic carbocycles. The van der Waals surface area contributed by atoms with Gasteiger partial charge in [0.15, 0.2) is 5.69 Å². The Labute approximate surface area is 191 Å². The van der Waals surface area contributed by atoms with E-state index < -0.39 is 11.4 Å². The fourth-order valence-electron chi connectivity index (χ4n) is 3.75. The van der Waals surface area contributed by atoms with Crippen LogP contribution < -0.4 is 10.6 Å². The van der Waals surface area contributed by atoms with Crippen molar-refractivity contribution < 1.29 is 18.8 Å². The molecule has 0 unspecified atom stereocenters. The molecule has 1 aliphatic rings. The summed E-state index contributed by atoms with van der Waals surface area (Å²) < 4.78 is 6.88. The second kappa shape index (κ2) is 8.57. The number of carbonyl (C=O) groups is 3. The minimum atomic E-state index is -1.15. The van der Waals surface area contributed by atoms with Crippen molar-refractivity contribution in [3.63, 3.8) is 0 Å². The number of benzene rings is 1. The quantitative estimate of drug-likeness (QED) is 0.600. The van der Waals surface area contributed by atoms with Gasteiger partial charge in [-0.05, 0) is 38.5 Å². The number of rotatable bonds is 6. The number of hydrogen-bond donors (Lipinski definition) is 2. The Kier molecular flexibility index (Phi) is 5.80. The molecule has 2 aromatic heterocycles. The number of amides is 3. The summed E-state index contributed by atoms with van der Waals surface area (Å²) in [5.41, 5.74) is 1.33. The van der Waals surface area contributed by atoms with Crippen molar-refractivity contribution in [1.29, 1.82) is 0 Å². The normalized spacial score (nSPS) is 17.6. The van der Waals surface area contributed by atoms with Crippen molar-refractivity contribution in [3.05, 3.63) is 76.5 Å². The standard InChI is InChI=1S/C24H27N5O4/c1-15-5-8-17(9-6-15)12-26-23(32)24(3)14-29-20(22(31)28(24)4)11-19(27-29)21(30)25-13-18-10-7-16(2)33-18/h5-11H,12-14H2,1-4H3,(H,25,30)(H,26,32)/t24-/m1/s1. The monoisotopic (exact) mass is 449 g/mol. The highest BCUT2D eigenvalue weighted by Gasteiger charge is 2.46. The van der Waals surface area contributed by atoms with Crippen LogP contribution >= 0.6 is 0 Å². The van der Waals surface area contributed by atoms with Gasteiger partial charge in [0.1, 0.15) is 22.8 Å². The van der Waals surface area contributed by atoms with Crippen molar-refractivity contribution in [3.8, 4) is 0 Å². The van der Waals surface area contributed by atoms with Crippen LogP contribution in [0, 0.1) is 13.8 Å². The van der Waals surface area contributed by atoms with E-state index in [1.165, 1.54) is 15.6 Å². The smallest absolute Gasteiger partial charge is 0.272 e. The molecule has 3 amide bonds. The first-order chi connectivity index (χ1) is 15.7. The predicted octanol–water partition coefficient (Wildman–Crippen LogP) is 2.18. The summed E-state index contributed by atoms with van der Waals surface area (Å²) in [6, 6.07) is 12.9. The number of fused-ring (bicyclic) bond motifs is 1. The minimum Gasteiger partial charge on any atom is -0.465 e. The first-order valence-electron chi connectivity index (χ1n) is 10.7. The summed E-state index contributed by atoms with van der Waals surface area (Å²) in [5.74, 6) is 0.289. The number of aryl methyl sites for hydroxylation is 2. The van der Waals surface area contributed by atoms with E-state index in [2.05, 4.69) is 15.7 Å². The highest BCUT2D eigenvalue weighted by atomic mass is 16.3. The van der Waals surface area contributed by atoms with Gasteiger partial charge in [-0.25, -0.2) is 0 Å². The van der Waals surface area contributed by atoms with Gasteiger partial charge in [0.25, 0.3) is 11.8 Å². The fourth-order valence-corrected chi connectivity index (χ4v) is 3.75. The van der Waals surface area contributed by atoms with Crippen LogP contribution in [0.2, 0.25) is 0 Å². The lowest BCUT2D eigenvalue weighted by atomic mass is 9.95. The average molecular weight is 450 g/mol. The summed E-state index contributed by atoms with van der Waals surface area (Å²) in [5, 5.41) is 9.96. The van der Waals surface area contributed by atoms with Crippen LogP contribution in [0.3, 0.4) is 0 Å². The lowest BCUT2D eigenvalue weighted by Gasteiger charge is -2.40. The maximum atomic E-state index is 13.1. The van der Waals surface area contributed by atoms with Gasteiger partial charge in [-0.1, -0.05) is 29.8 Å². The van der Waals surface area contributed by atoms with E-state index >= 15 is 0 Å². The first-order valence-corrected chi connectivity index (χ1v) is 10.7. The molecule has 0 fully saturated rings. The van der Waals surface area contributed by atoms with E-state index in [1.54, 1.807) is 20.0 Å². The molecule has 1 atom stereocenters. The van der Waals surface area contributed by atoms with Gasteiger partial charge >= 0.3 is 0 Å². The Hall–Kier alpha value is -3.88. The van der Waals surface area contributed by atoms with Crippen molar-refractivity contribution >= 4 is 17.7 Å². The molecule has 0 saturated heterocycles. The Morgan fingerprint density at radius 2 is 1.82 bits per heavy atom. The van der Waals surface area contributed by atoms with Gasteiger partial charge in [0.2, 0.25) is 5.91 Å². The maximum absolute atomic E-state index is 13.1. The lowest BCUT2D eigenvalue weighted by Crippen LogP contribution is -2.62. The van der Waals surface area contributed by atoms with Crippen LogP contribution in [0.5, 0.6) is 0 Å². The Morgan fingerprint density at radius 3 is 2.48 bits per heavy atom. The Bertz CT molecular complexity index is 1210. The minimum absolute atomic E-state index is 0.111. The number of hydrogen-bond acceptors (Lipinski definition) is 5. The van der Waals surface area contributed by atoms with E-state index in [0.717, 1.165) is 16.9 Å². The Balaban J connectivity index is 1.46. The molecule has 0 radical (unpaired) electrons. The van der Waals surface area contributed by atoms with Crippen LogP contribution in [0.25, 0.3) is 0 Å². The molecule has 3 heterocycles. The highest BCUT2D eigenvalue weighted by Crippen LogP contribution is 2.26. The van der Waals surface area contributed by atoms with Crippen LogP contribution in [-0.4, -0.2) is 45.0 Å². The molecule has 33 heavy (non-hydrogen) atoms. The van der Waals surface area contributed by atoms with Crippen LogP contribution in [0.1, 0.15) is 50.5 Å². The molecule has 0 aliphatic carbocycles. The van der Waals surface area contributed by atoms with Crippen molar-refractivity contribution in [2.75, 3.05) is 7.05 Å². The topological polar surface area (TPSA) is 109 Å². The van der Waals surface area contributed by atoms with Gasteiger partial charge in [-0.3, -0.25) is 19.1 Å². The lowest BCUT2D eigenvalue weighted by molar-refractivity contribution is -0.132. The van der Waals surface area contributed by atoms with E-state index in [4.69, 9.17) is 4.42 Å². The second-order valence-electron chi connectivity index (χ2n) is 8.57. The van der Waals surface area contributed by atoms with Gasteiger partial charge in [-0.2, -0.15) is 5.10 Å². The van der Waals surface area contributed by atoms with Crippen LogP contribution in [0.15, 0.2) is 46.9 Å². The molecule has 0 spiro atoms. The molecule has 9 nitrogen and oxygen atoms in total. The third kappa shape index (κ3) is 4.39. The van der Waals surface area contributed by atoms with Crippen molar-refractivity contribution in [2.45, 2.75) is 45.9 Å². The van der Waals surface area contributed by atoms with E-state index in [9.17, 15) is 14.4 Å². The zero-order chi connectivity index (χ0) is 23.8. The van der Waals surface area contributed by atoms with Gasteiger partial charge in [-0.15, -0.1) is 0 Å². The van der Waals surface area contributed by atoms with Gasteiger partial charge in [0.05, 0.1) is 13.1 Å². The third-order valence-electron chi connectivity index (χ3n) is 6.02. The summed E-state index contributed by atoms with van der Waals surface area (Å²) in [4.78, 5) is 40.1. The Morgan fingerprint density at radius 1 is 1.09 bits per heavy atom. The number of furan rings is 1. The summed E-state index contributed by atoms with van der Waals surface area (Å²) in [6.07, 6.45) is 0. The number of aromatic nitrogens is 2. The molecule has 1 aliphatic heterocycles. The fraction of sp³-hybridized carbons (Fsp3) is 0.333. The SMILES string of the molecule is Cc1ccc(CNC(=O)[C@@]2(C)Cn3nc(C(=O)NCc4ccc(C)o4)cc3C(=O)N2C)cc1. The number of likely N-dealkylation sites (N-methyl/N-ethyl adjacent to an activating group) is 1. The zero-order valence-corrected chi connectivity index (χ0v) is 19.1. The maximum Gasteiger partial charge on any atom is 0.272 e. The van der Waals surface area contributed by atoms with Gasteiger partial charge in [0, 0.05) is 19.7 Å². The molecule has 3 aromatic rings. The predicted molar refractivity (Wildman–Crippen MR) is 120 cm³/mol. The highest BCUT2D eigenvalue weighted by molar-refractivity contribution is 6.01. The largest absolute Gasteiger partial charge is 0.465 e. The van der Waals surface area contributed by atoms with Crippen molar-refractivity contribution in [1.82, 2.24) is 25.3 Å². The molecule has 172 valence electrons. The number of carbonyl (C=O) groups excluding carboxylic acids is 3. The van der Waals surface area contributed by atoms with E-state index in [1.807, 2.05) is 44.2 Å². The van der Waals surface area contributed by atoms with Crippen LogP contribution in [-0.2, 0) is 24.4 Å². The van der Waals surface area contributed by atoms with Crippen molar-refractivity contribution in [2.24, 2.45) is 0 Å². The van der Waals surface area contributed by atoms with E-state index in [-0.39, 0.29) is 36.3 Å². The molecule has 9 heteroatoms. The first kappa shape index (κ1) is 22.3. The molecule has 0 saturated carbocycles. The summed E-state index contributed by atoms with van der Waals surface area (Å²) in [7, 11) is 1.59. The van der Waals surface area contributed by atoms with Crippen LogP contribution in [0.4, 0.5) is 0 Å². The molecule has 2 N–H and O–H groups in total. The number of nitrogens with one attached hydrogen (secondary N) is 2. The van der Waals surface area contributed by atoms with E-state index in [0.29, 0.717) is 12.3 Å². The summed E-state index contributed by atoms with van der Waals surface area (Å²) in [6.45, 7) is 6.21. The third-order valence-corrected chi connectivity index (χ3v) is 6.02. The molecular formula is C24H27N5O4. The number of nitrogens with zero attached hydrogens (tertiary/aromatic N) is 3. The molecule has 0 bridgehead atoms. The molecular weight excluding hydrogens is 422 g/mol. The zero-order valence-electron chi connectivity index (χ0n) is 19.1. The summed E-state index contributed by atoms with van der Waals surface area (Å²) >= 11 is 0. The average Bonchev–Trinajstić information content (AvgIpc) is 3.41. The molecule has 4 rings (SSSR count).